The monoisotopic (exact) mass is 216 g/mol. The summed E-state index contributed by atoms with van der Waals surface area (Å²) in [5, 5.41) is 0. The summed E-state index contributed by atoms with van der Waals surface area (Å²) in [4.78, 5) is 3.93. The van der Waals surface area contributed by atoms with E-state index >= 15 is 0 Å². The third kappa shape index (κ3) is 2.64. The van der Waals surface area contributed by atoms with Gasteiger partial charge >= 0.3 is 0 Å². The first-order valence-electron chi connectivity index (χ1n) is 5.15. The quantitative estimate of drug-likeness (QED) is 0.856. The van der Waals surface area contributed by atoms with Crippen LogP contribution in [0.15, 0.2) is 48.8 Å². The Morgan fingerprint density at radius 1 is 1.19 bits per heavy atom. The van der Waals surface area contributed by atoms with Crippen LogP contribution in [0.5, 0.6) is 0 Å². The Morgan fingerprint density at radius 3 is 2.62 bits per heavy atom. The summed E-state index contributed by atoms with van der Waals surface area (Å²) in [6.45, 7) is 0. The minimum atomic E-state index is -0.223. The van der Waals surface area contributed by atoms with Crippen LogP contribution in [0.1, 0.15) is 17.2 Å². The second-order valence-corrected chi connectivity index (χ2v) is 3.72. The minimum Gasteiger partial charge on any atom is -0.324 e. The van der Waals surface area contributed by atoms with Gasteiger partial charge < -0.3 is 5.73 Å². The number of nitrogens with zero attached hydrogens (tertiary/aromatic N) is 1. The van der Waals surface area contributed by atoms with Crippen molar-refractivity contribution in [1.82, 2.24) is 4.98 Å². The molecule has 16 heavy (non-hydrogen) atoms. The lowest BCUT2D eigenvalue weighted by molar-refractivity contribution is 0.622. The maximum Gasteiger partial charge on any atom is 0.123 e. The van der Waals surface area contributed by atoms with Gasteiger partial charge in [-0.1, -0.05) is 12.1 Å². The minimum absolute atomic E-state index is 0.121. The van der Waals surface area contributed by atoms with E-state index in [0.717, 1.165) is 11.1 Å². The van der Waals surface area contributed by atoms with Gasteiger partial charge in [-0.2, -0.15) is 0 Å². The second-order valence-electron chi connectivity index (χ2n) is 3.72. The summed E-state index contributed by atoms with van der Waals surface area (Å²) in [5.74, 6) is -0.223. The standard InChI is InChI=1S/C13H13FN2/c14-12-3-1-2-10(8-12)9-13(15)11-4-6-16-7-5-11/h1-8,13H,9,15H2. The van der Waals surface area contributed by atoms with E-state index in [2.05, 4.69) is 4.98 Å². The van der Waals surface area contributed by atoms with Crippen molar-refractivity contribution in [2.45, 2.75) is 12.5 Å². The van der Waals surface area contributed by atoms with Crippen LogP contribution in [-0.4, -0.2) is 4.98 Å². The van der Waals surface area contributed by atoms with E-state index < -0.39 is 0 Å². The molecule has 2 rings (SSSR count). The lowest BCUT2D eigenvalue weighted by Gasteiger charge is -2.11. The maximum atomic E-state index is 13.0. The lowest BCUT2D eigenvalue weighted by atomic mass is 10.0. The van der Waals surface area contributed by atoms with Crippen LogP contribution in [0.25, 0.3) is 0 Å². The Labute approximate surface area is 93.9 Å². The zero-order valence-corrected chi connectivity index (χ0v) is 8.81. The van der Waals surface area contributed by atoms with Crippen molar-refractivity contribution in [2.24, 2.45) is 5.73 Å². The van der Waals surface area contributed by atoms with Crippen molar-refractivity contribution in [3.05, 3.63) is 65.7 Å². The molecule has 0 radical (unpaired) electrons. The molecule has 0 spiro atoms. The van der Waals surface area contributed by atoms with Crippen molar-refractivity contribution in [3.63, 3.8) is 0 Å². The highest BCUT2D eigenvalue weighted by atomic mass is 19.1. The molecule has 1 aromatic carbocycles. The predicted octanol–water partition coefficient (Wildman–Crippen LogP) is 2.46. The average Bonchev–Trinajstić information content (AvgIpc) is 2.30. The predicted molar refractivity (Wildman–Crippen MR) is 61.3 cm³/mol. The van der Waals surface area contributed by atoms with Crippen molar-refractivity contribution in [2.75, 3.05) is 0 Å². The van der Waals surface area contributed by atoms with Gasteiger partial charge in [0.05, 0.1) is 0 Å². The molecule has 0 saturated heterocycles. The van der Waals surface area contributed by atoms with Crippen LogP contribution in [0.4, 0.5) is 4.39 Å². The number of benzene rings is 1. The van der Waals surface area contributed by atoms with Crippen LogP contribution in [0, 0.1) is 5.82 Å². The van der Waals surface area contributed by atoms with E-state index in [0.29, 0.717) is 6.42 Å². The number of hydrogen-bond donors (Lipinski definition) is 1. The van der Waals surface area contributed by atoms with Crippen molar-refractivity contribution in [1.29, 1.82) is 0 Å². The van der Waals surface area contributed by atoms with Gasteiger partial charge in [0, 0.05) is 18.4 Å². The van der Waals surface area contributed by atoms with Crippen LogP contribution in [0.2, 0.25) is 0 Å². The van der Waals surface area contributed by atoms with Gasteiger partial charge in [-0.3, -0.25) is 4.98 Å². The lowest BCUT2D eigenvalue weighted by Crippen LogP contribution is -2.13. The highest BCUT2D eigenvalue weighted by Gasteiger charge is 2.06. The summed E-state index contributed by atoms with van der Waals surface area (Å²) in [7, 11) is 0. The zero-order valence-electron chi connectivity index (χ0n) is 8.81. The summed E-state index contributed by atoms with van der Waals surface area (Å²) in [6, 6.07) is 10.2. The van der Waals surface area contributed by atoms with Gasteiger partial charge in [0.25, 0.3) is 0 Å². The number of pyridine rings is 1. The highest BCUT2D eigenvalue weighted by molar-refractivity contribution is 5.22. The summed E-state index contributed by atoms with van der Waals surface area (Å²) in [6.07, 6.45) is 4.04. The molecule has 1 heterocycles. The molecular weight excluding hydrogens is 203 g/mol. The number of rotatable bonds is 3. The third-order valence-corrected chi connectivity index (χ3v) is 2.48. The first-order chi connectivity index (χ1) is 7.75. The van der Waals surface area contributed by atoms with Crippen LogP contribution < -0.4 is 5.73 Å². The van der Waals surface area contributed by atoms with E-state index in [1.165, 1.54) is 12.1 Å². The van der Waals surface area contributed by atoms with Crippen LogP contribution in [0.3, 0.4) is 0 Å². The molecule has 1 atom stereocenters. The molecule has 82 valence electrons. The fraction of sp³-hybridized carbons (Fsp3) is 0.154. The molecule has 1 aromatic heterocycles. The van der Waals surface area contributed by atoms with Crippen LogP contribution >= 0.6 is 0 Å². The molecule has 2 N–H and O–H groups in total. The number of hydrogen-bond acceptors (Lipinski definition) is 2. The second kappa shape index (κ2) is 4.86. The first kappa shape index (κ1) is 10.8. The number of aromatic nitrogens is 1. The van der Waals surface area contributed by atoms with Crippen molar-refractivity contribution in [3.8, 4) is 0 Å². The molecule has 2 nitrogen and oxygen atoms in total. The van der Waals surface area contributed by atoms with Crippen molar-refractivity contribution < 1.29 is 4.39 Å². The molecule has 0 aliphatic rings. The molecule has 0 amide bonds. The maximum absolute atomic E-state index is 13.0. The van der Waals surface area contributed by atoms with E-state index in [-0.39, 0.29) is 11.9 Å². The Morgan fingerprint density at radius 2 is 1.94 bits per heavy atom. The fourth-order valence-electron chi connectivity index (χ4n) is 1.65. The molecule has 2 aromatic rings. The number of nitrogens with two attached hydrogens (primary N) is 1. The topological polar surface area (TPSA) is 38.9 Å². The molecule has 0 fully saturated rings. The molecule has 0 aliphatic carbocycles. The van der Waals surface area contributed by atoms with Crippen LogP contribution in [-0.2, 0) is 6.42 Å². The summed E-state index contributed by atoms with van der Waals surface area (Å²) in [5.41, 5.74) is 7.95. The van der Waals surface area contributed by atoms with Crippen molar-refractivity contribution >= 4 is 0 Å². The van der Waals surface area contributed by atoms with Gasteiger partial charge in [0.15, 0.2) is 0 Å². The molecule has 0 aliphatic heterocycles. The van der Waals surface area contributed by atoms with E-state index in [1.54, 1.807) is 18.5 Å². The highest BCUT2D eigenvalue weighted by Crippen LogP contribution is 2.15. The molecule has 3 heteroatoms. The molecular formula is C13H13FN2. The fourth-order valence-corrected chi connectivity index (χ4v) is 1.65. The van der Waals surface area contributed by atoms with Gasteiger partial charge in [-0.25, -0.2) is 4.39 Å². The van der Waals surface area contributed by atoms with Gasteiger partial charge in [-0.05, 0) is 41.8 Å². The SMILES string of the molecule is NC(Cc1cccc(F)c1)c1ccncc1. The van der Waals surface area contributed by atoms with E-state index in [1.807, 2.05) is 18.2 Å². The molecule has 0 bridgehead atoms. The zero-order chi connectivity index (χ0) is 11.4. The normalized spacial score (nSPS) is 12.4. The summed E-state index contributed by atoms with van der Waals surface area (Å²) < 4.78 is 13.0. The average molecular weight is 216 g/mol. The first-order valence-corrected chi connectivity index (χ1v) is 5.15. The van der Waals surface area contributed by atoms with E-state index in [4.69, 9.17) is 5.73 Å². The van der Waals surface area contributed by atoms with Gasteiger partial charge in [0.1, 0.15) is 5.82 Å². The van der Waals surface area contributed by atoms with E-state index in [9.17, 15) is 4.39 Å². The molecule has 0 saturated carbocycles. The third-order valence-electron chi connectivity index (χ3n) is 2.48. The molecule has 1 unspecified atom stereocenters. The van der Waals surface area contributed by atoms with Gasteiger partial charge in [-0.15, -0.1) is 0 Å². The Kier molecular flexibility index (Phi) is 3.27. The Hall–Kier alpha value is -1.74. The largest absolute Gasteiger partial charge is 0.324 e. The Balaban J connectivity index is 2.11. The smallest absolute Gasteiger partial charge is 0.123 e. The Bertz CT molecular complexity index is 456. The summed E-state index contributed by atoms with van der Waals surface area (Å²) >= 11 is 0. The number of halogens is 1. The van der Waals surface area contributed by atoms with Gasteiger partial charge in [0.2, 0.25) is 0 Å².